The summed E-state index contributed by atoms with van der Waals surface area (Å²) in [5, 5.41) is 5.06. The van der Waals surface area contributed by atoms with Gasteiger partial charge in [0.25, 0.3) is 5.91 Å². The Bertz CT molecular complexity index is 839. The van der Waals surface area contributed by atoms with E-state index < -0.39 is 0 Å². The molecule has 1 heterocycles. The first-order valence-electron chi connectivity index (χ1n) is 9.94. The van der Waals surface area contributed by atoms with E-state index >= 15 is 0 Å². The van der Waals surface area contributed by atoms with Gasteiger partial charge < -0.3 is 16.0 Å². The Morgan fingerprint density at radius 2 is 1.71 bits per heavy atom. The minimum Gasteiger partial charge on any atom is -0.354 e. The predicted molar refractivity (Wildman–Crippen MR) is 114 cm³/mol. The number of nitrogens with two attached hydrogens (primary N) is 1. The van der Waals surface area contributed by atoms with Gasteiger partial charge in [0, 0.05) is 37.2 Å². The van der Waals surface area contributed by atoms with Crippen LogP contribution in [0.5, 0.6) is 0 Å². The van der Waals surface area contributed by atoms with E-state index in [9.17, 15) is 9.59 Å². The van der Waals surface area contributed by atoms with E-state index in [1.54, 1.807) is 0 Å². The quantitative estimate of drug-likeness (QED) is 0.808. The van der Waals surface area contributed by atoms with E-state index in [1.165, 1.54) is 12.8 Å². The number of fused-ring (bicyclic) bond motifs is 1. The van der Waals surface area contributed by atoms with Gasteiger partial charge >= 0.3 is 0 Å². The molecule has 4 rings (SSSR count). The largest absolute Gasteiger partial charge is 0.354 e. The van der Waals surface area contributed by atoms with Gasteiger partial charge in [-0.3, -0.25) is 9.59 Å². The molecular formula is C22H28ClN3O2. The van der Waals surface area contributed by atoms with Crippen molar-refractivity contribution in [3.8, 4) is 0 Å². The third kappa shape index (κ3) is 4.47. The highest BCUT2D eigenvalue weighted by Crippen LogP contribution is 2.31. The van der Waals surface area contributed by atoms with Crippen LogP contribution < -0.4 is 11.1 Å². The van der Waals surface area contributed by atoms with Crippen molar-refractivity contribution in [3.63, 3.8) is 0 Å². The van der Waals surface area contributed by atoms with Crippen LogP contribution in [0.3, 0.4) is 0 Å². The maximum absolute atomic E-state index is 13.0. The molecule has 1 atom stereocenters. The second kappa shape index (κ2) is 8.93. The average Bonchev–Trinajstić information content (AvgIpc) is 3.56. The van der Waals surface area contributed by atoms with Crippen molar-refractivity contribution >= 4 is 35.0 Å². The Labute approximate surface area is 172 Å². The molecule has 2 aliphatic rings. The molecule has 1 unspecified atom stereocenters. The molecule has 150 valence electrons. The van der Waals surface area contributed by atoms with Gasteiger partial charge in [-0.2, -0.15) is 0 Å². The summed E-state index contributed by atoms with van der Waals surface area (Å²) in [5.41, 5.74) is 6.80. The van der Waals surface area contributed by atoms with Crippen molar-refractivity contribution < 1.29 is 9.59 Å². The lowest BCUT2D eigenvalue weighted by Crippen LogP contribution is -2.45. The van der Waals surface area contributed by atoms with E-state index in [-0.39, 0.29) is 36.2 Å². The first-order valence-corrected chi connectivity index (χ1v) is 9.94. The Kier molecular flexibility index (Phi) is 6.57. The molecule has 1 aliphatic heterocycles. The van der Waals surface area contributed by atoms with Gasteiger partial charge in [-0.15, -0.1) is 12.4 Å². The molecule has 0 bridgehead atoms. The van der Waals surface area contributed by atoms with E-state index in [0.29, 0.717) is 38.4 Å². The summed E-state index contributed by atoms with van der Waals surface area (Å²) >= 11 is 0. The minimum absolute atomic E-state index is 0. The lowest BCUT2D eigenvalue weighted by atomic mass is 9.94. The van der Waals surface area contributed by atoms with Gasteiger partial charge in [-0.05, 0) is 48.4 Å². The Morgan fingerprint density at radius 3 is 2.43 bits per heavy atom. The van der Waals surface area contributed by atoms with Crippen LogP contribution in [-0.4, -0.2) is 42.4 Å². The number of halogens is 1. The van der Waals surface area contributed by atoms with Gasteiger partial charge in [0.15, 0.2) is 0 Å². The van der Waals surface area contributed by atoms with Crippen molar-refractivity contribution in [3.05, 3.63) is 48.0 Å². The number of nitrogens with zero attached hydrogens (tertiary/aromatic N) is 1. The van der Waals surface area contributed by atoms with Crippen LogP contribution in [0.1, 0.15) is 36.0 Å². The molecule has 0 radical (unpaired) electrons. The summed E-state index contributed by atoms with van der Waals surface area (Å²) in [6.07, 6.45) is 3.79. The van der Waals surface area contributed by atoms with Crippen LogP contribution in [0.25, 0.3) is 10.8 Å². The molecule has 3 N–H and O–H groups in total. The summed E-state index contributed by atoms with van der Waals surface area (Å²) in [6, 6.07) is 13.9. The standard InChI is InChI=1S/C22H27N3O2.ClH/c23-20(16-8-9-16)14-24-21(26)17-10-12-25(13-11-17)22(27)19-7-3-5-15-4-1-2-6-18(15)19;/h1-7,16-17,20H,8-14,23H2,(H,24,26);1H. The number of hydrogen-bond acceptors (Lipinski definition) is 3. The summed E-state index contributed by atoms with van der Waals surface area (Å²) in [4.78, 5) is 27.3. The Hall–Kier alpha value is -2.11. The SMILES string of the molecule is Cl.NC(CNC(=O)C1CCN(C(=O)c2cccc3ccccc23)CC1)C1CC1. The number of hydrogen-bond donors (Lipinski definition) is 2. The normalized spacial score (nSPS) is 18.4. The topological polar surface area (TPSA) is 75.4 Å². The number of amides is 2. The molecule has 0 aromatic heterocycles. The second-order valence-electron chi connectivity index (χ2n) is 7.84. The molecule has 28 heavy (non-hydrogen) atoms. The molecule has 2 fully saturated rings. The van der Waals surface area contributed by atoms with Gasteiger partial charge in [-0.25, -0.2) is 0 Å². The summed E-state index contributed by atoms with van der Waals surface area (Å²) < 4.78 is 0. The maximum Gasteiger partial charge on any atom is 0.254 e. The highest BCUT2D eigenvalue weighted by molar-refractivity contribution is 6.07. The molecule has 2 amide bonds. The zero-order valence-electron chi connectivity index (χ0n) is 16.0. The maximum atomic E-state index is 13.0. The predicted octanol–water partition coefficient (Wildman–Crippen LogP) is 2.97. The molecule has 2 aromatic carbocycles. The van der Waals surface area contributed by atoms with Gasteiger partial charge in [-0.1, -0.05) is 36.4 Å². The first kappa shape index (κ1) is 20.6. The fourth-order valence-electron chi connectivity index (χ4n) is 3.98. The molecule has 1 aliphatic carbocycles. The van der Waals surface area contributed by atoms with Crippen molar-refractivity contribution in [1.29, 1.82) is 0 Å². The number of carbonyl (C=O) groups excluding carboxylic acids is 2. The Balaban J connectivity index is 0.00000225. The van der Waals surface area contributed by atoms with Crippen LogP contribution in [0, 0.1) is 11.8 Å². The highest BCUT2D eigenvalue weighted by Gasteiger charge is 2.31. The van der Waals surface area contributed by atoms with E-state index in [4.69, 9.17) is 5.73 Å². The van der Waals surface area contributed by atoms with E-state index in [0.717, 1.165) is 16.3 Å². The van der Waals surface area contributed by atoms with Crippen LogP contribution in [-0.2, 0) is 4.79 Å². The van der Waals surface area contributed by atoms with Gasteiger partial charge in [0.2, 0.25) is 5.91 Å². The molecule has 1 saturated heterocycles. The summed E-state index contributed by atoms with van der Waals surface area (Å²) in [5.74, 6) is 0.711. The van der Waals surface area contributed by atoms with Crippen LogP contribution in [0.4, 0.5) is 0 Å². The number of likely N-dealkylation sites (tertiary alicyclic amines) is 1. The van der Waals surface area contributed by atoms with E-state index in [2.05, 4.69) is 5.32 Å². The minimum atomic E-state index is -0.0204. The van der Waals surface area contributed by atoms with Crippen molar-refractivity contribution in [2.75, 3.05) is 19.6 Å². The fourth-order valence-corrected chi connectivity index (χ4v) is 3.98. The summed E-state index contributed by atoms with van der Waals surface area (Å²) in [6.45, 7) is 1.81. The van der Waals surface area contributed by atoms with Crippen molar-refractivity contribution in [1.82, 2.24) is 10.2 Å². The zero-order valence-corrected chi connectivity index (χ0v) is 16.8. The highest BCUT2D eigenvalue weighted by atomic mass is 35.5. The third-order valence-electron chi connectivity index (χ3n) is 5.91. The smallest absolute Gasteiger partial charge is 0.254 e. The number of piperidine rings is 1. The second-order valence-corrected chi connectivity index (χ2v) is 7.84. The third-order valence-corrected chi connectivity index (χ3v) is 5.91. The fraction of sp³-hybridized carbons (Fsp3) is 0.455. The van der Waals surface area contributed by atoms with Crippen LogP contribution in [0.15, 0.2) is 42.5 Å². The lowest BCUT2D eigenvalue weighted by Gasteiger charge is -2.32. The average molecular weight is 402 g/mol. The lowest BCUT2D eigenvalue weighted by molar-refractivity contribution is -0.126. The molecule has 5 nitrogen and oxygen atoms in total. The number of benzene rings is 2. The zero-order chi connectivity index (χ0) is 18.8. The molecule has 6 heteroatoms. The Morgan fingerprint density at radius 1 is 1.04 bits per heavy atom. The number of nitrogens with one attached hydrogen (secondary N) is 1. The number of carbonyl (C=O) groups is 2. The molecule has 0 spiro atoms. The molecular weight excluding hydrogens is 374 g/mol. The van der Waals surface area contributed by atoms with Crippen LogP contribution in [0.2, 0.25) is 0 Å². The van der Waals surface area contributed by atoms with Crippen molar-refractivity contribution in [2.24, 2.45) is 17.6 Å². The van der Waals surface area contributed by atoms with Crippen molar-refractivity contribution in [2.45, 2.75) is 31.7 Å². The first-order chi connectivity index (χ1) is 13.1. The van der Waals surface area contributed by atoms with E-state index in [1.807, 2.05) is 47.4 Å². The van der Waals surface area contributed by atoms with Gasteiger partial charge in [0.05, 0.1) is 0 Å². The monoisotopic (exact) mass is 401 g/mol. The summed E-state index contributed by atoms with van der Waals surface area (Å²) in [7, 11) is 0. The van der Waals surface area contributed by atoms with Gasteiger partial charge in [0.1, 0.15) is 0 Å². The van der Waals surface area contributed by atoms with Crippen LogP contribution >= 0.6 is 12.4 Å². The number of rotatable bonds is 5. The molecule has 1 saturated carbocycles. The molecule has 2 aromatic rings.